The molecular weight excluding hydrogens is 332 g/mol. The smallest absolute Gasteiger partial charge is 0.319 e. The van der Waals surface area contributed by atoms with Crippen LogP contribution in [0.1, 0.15) is 10.4 Å². The maximum absolute atomic E-state index is 12.7. The van der Waals surface area contributed by atoms with Gasteiger partial charge in [0, 0.05) is 39.6 Å². The van der Waals surface area contributed by atoms with Crippen molar-refractivity contribution in [1.82, 2.24) is 19.7 Å². The number of hydrogen-bond acceptors (Lipinski definition) is 5. The number of rotatable bonds is 1. The highest BCUT2D eigenvalue weighted by molar-refractivity contribution is 7.91. The molecule has 0 N–H and O–H groups in total. The van der Waals surface area contributed by atoms with Crippen LogP contribution in [0.4, 0.5) is 4.79 Å². The molecule has 1 aromatic rings. The van der Waals surface area contributed by atoms with Crippen molar-refractivity contribution in [3.05, 3.63) is 30.1 Å². The molecule has 0 aromatic carbocycles. The first-order valence-corrected chi connectivity index (χ1v) is 9.51. The monoisotopic (exact) mass is 352 g/mol. The van der Waals surface area contributed by atoms with Crippen molar-refractivity contribution in [3.8, 4) is 0 Å². The van der Waals surface area contributed by atoms with Crippen LogP contribution in [0.5, 0.6) is 0 Å². The first-order chi connectivity index (χ1) is 11.3. The molecule has 2 atom stereocenters. The summed E-state index contributed by atoms with van der Waals surface area (Å²) in [5.74, 6) is -0.457. The van der Waals surface area contributed by atoms with Gasteiger partial charge in [-0.15, -0.1) is 0 Å². The predicted octanol–water partition coefficient (Wildman–Crippen LogP) is -0.313. The molecule has 0 radical (unpaired) electrons. The summed E-state index contributed by atoms with van der Waals surface area (Å²) in [4.78, 5) is 33.6. The largest absolute Gasteiger partial charge is 0.331 e. The fraction of sp³-hybridized carbons (Fsp3) is 0.533. The molecule has 3 heterocycles. The number of nitrogens with zero attached hydrogens (tertiary/aromatic N) is 4. The van der Waals surface area contributed by atoms with Crippen LogP contribution in [0.25, 0.3) is 0 Å². The minimum Gasteiger partial charge on any atom is -0.331 e. The van der Waals surface area contributed by atoms with E-state index in [1.165, 1.54) is 11.1 Å². The van der Waals surface area contributed by atoms with Crippen LogP contribution in [0.3, 0.4) is 0 Å². The van der Waals surface area contributed by atoms with Gasteiger partial charge >= 0.3 is 6.03 Å². The number of amides is 3. The van der Waals surface area contributed by atoms with Gasteiger partial charge in [0.25, 0.3) is 5.91 Å². The van der Waals surface area contributed by atoms with E-state index in [-0.39, 0.29) is 23.4 Å². The van der Waals surface area contributed by atoms with Crippen molar-refractivity contribution < 1.29 is 18.0 Å². The third-order valence-corrected chi connectivity index (χ3v) is 6.17. The molecule has 0 unspecified atom stereocenters. The number of urea groups is 1. The second-order valence-electron chi connectivity index (χ2n) is 6.32. The maximum atomic E-state index is 12.7. The van der Waals surface area contributed by atoms with Gasteiger partial charge in [-0.1, -0.05) is 0 Å². The molecule has 2 saturated heterocycles. The number of aromatic nitrogens is 1. The van der Waals surface area contributed by atoms with Crippen LogP contribution in [-0.2, 0) is 9.84 Å². The molecule has 24 heavy (non-hydrogen) atoms. The molecule has 0 spiro atoms. The van der Waals surface area contributed by atoms with E-state index in [0.29, 0.717) is 18.7 Å². The molecule has 0 aliphatic carbocycles. The Kier molecular flexibility index (Phi) is 4.20. The SMILES string of the molecule is CN(C)C(=O)N1CCN(C(=O)c2cccnc2)[C@@H]2CS(=O)(=O)C[C@@H]21. The lowest BCUT2D eigenvalue weighted by Crippen LogP contribution is -2.63. The number of pyridine rings is 1. The summed E-state index contributed by atoms with van der Waals surface area (Å²) in [6, 6.07) is 2.09. The van der Waals surface area contributed by atoms with E-state index in [0.717, 1.165) is 0 Å². The van der Waals surface area contributed by atoms with Crippen molar-refractivity contribution in [3.63, 3.8) is 0 Å². The fourth-order valence-corrected chi connectivity index (χ4v) is 5.34. The predicted molar refractivity (Wildman–Crippen MR) is 87.3 cm³/mol. The standard InChI is InChI=1S/C15H20N4O4S/c1-17(2)15(21)19-7-6-18(12-9-24(22,23)10-13(12)19)14(20)11-4-3-5-16-8-11/h3-5,8,12-13H,6-7,9-10H2,1-2H3/t12-,13+/m1/s1. The molecule has 130 valence electrons. The lowest BCUT2D eigenvalue weighted by atomic mass is 10.0. The summed E-state index contributed by atoms with van der Waals surface area (Å²) < 4.78 is 24.3. The van der Waals surface area contributed by atoms with Gasteiger partial charge in [0.1, 0.15) is 0 Å². The molecule has 1 aromatic heterocycles. The molecule has 0 bridgehead atoms. The number of fused-ring (bicyclic) bond motifs is 1. The number of hydrogen-bond donors (Lipinski definition) is 0. The van der Waals surface area contributed by atoms with Gasteiger partial charge in [0.2, 0.25) is 0 Å². The van der Waals surface area contributed by atoms with E-state index in [1.807, 2.05) is 0 Å². The van der Waals surface area contributed by atoms with Crippen LogP contribution in [0, 0.1) is 0 Å². The average Bonchev–Trinajstić information content (AvgIpc) is 2.88. The summed E-state index contributed by atoms with van der Waals surface area (Å²) in [5, 5.41) is 0. The molecule has 0 saturated carbocycles. The Morgan fingerprint density at radius 3 is 2.38 bits per heavy atom. The summed E-state index contributed by atoms with van der Waals surface area (Å²) >= 11 is 0. The van der Waals surface area contributed by atoms with Gasteiger partial charge in [-0.05, 0) is 12.1 Å². The normalized spacial score (nSPS) is 25.2. The van der Waals surface area contributed by atoms with E-state index in [1.54, 1.807) is 42.2 Å². The van der Waals surface area contributed by atoms with Gasteiger partial charge in [0.15, 0.2) is 9.84 Å². The minimum atomic E-state index is -3.29. The third-order valence-electron chi connectivity index (χ3n) is 4.47. The Morgan fingerprint density at radius 2 is 1.79 bits per heavy atom. The molecule has 9 heteroatoms. The first-order valence-electron chi connectivity index (χ1n) is 7.69. The highest BCUT2D eigenvalue weighted by atomic mass is 32.2. The summed E-state index contributed by atoms with van der Waals surface area (Å²) in [5.41, 5.74) is 0.424. The summed E-state index contributed by atoms with van der Waals surface area (Å²) in [7, 11) is -0.0257. The van der Waals surface area contributed by atoms with Crippen molar-refractivity contribution in [2.75, 3.05) is 38.7 Å². The van der Waals surface area contributed by atoms with Crippen molar-refractivity contribution in [2.24, 2.45) is 0 Å². The number of sulfone groups is 1. The van der Waals surface area contributed by atoms with Crippen LogP contribution < -0.4 is 0 Å². The van der Waals surface area contributed by atoms with E-state index in [2.05, 4.69) is 4.98 Å². The molecule has 3 amide bonds. The zero-order valence-electron chi connectivity index (χ0n) is 13.6. The minimum absolute atomic E-state index is 0.103. The van der Waals surface area contributed by atoms with Gasteiger partial charge in [0.05, 0.1) is 29.2 Å². The van der Waals surface area contributed by atoms with Crippen LogP contribution in [0.2, 0.25) is 0 Å². The van der Waals surface area contributed by atoms with E-state index in [4.69, 9.17) is 0 Å². The summed E-state index contributed by atoms with van der Waals surface area (Å²) in [6.45, 7) is 0.629. The molecular formula is C15H20N4O4S. The Bertz CT molecular complexity index is 750. The fourth-order valence-electron chi connectivity index (χ4n) is 3.35. The third kappa shape index (κ3) is 2.95. The molecule has 3 rings (SSSR count). The summed E-state index contributed by atoms with van der Waals surface area (Å²) in [6.07, 6.45) is 3.05. The number of piperazine rings is 1. The molecule has 2 aliphatic heterocycles. The van der Waals surface area contributed by atoms with Crippen LogP contribution in [0.15, 0.2) is 24.5 Å². The van der Waals surface area contributed by atoms with Gasteiger partial charge in [-0.3, -0.25) is 9.78 Å². The second-order valence-corrected chi connectivity index (χ2v) is 8.48. The highest BCUT2D eigenvalue weighted by Crippen LogP contribution is 2.28. The van der Waals surface area contributed by atoms with Gasteiger partial charge in [-0.2, -0.15) is 0 Å². The zero-order valence-corrected chi connectivity index (χ0v) is 14.4. The van der Waals surface area contributed by atoms with Crippen LogP contribution >= 0.6 is 0 Å². The second kappa shape index (κ2) is 6.04. The van der Waals surface area contributed by atoms with Crippen molar-refractivity contribution in [1.29, 1.82) is 0 Å². The number of carbonyl (C=O) groups excluding carboxylic acids is 2. The van der Waals surface area contributed by atoms with Crippen molar-refractivity contribution >= 4 is 21.8 Å². The lowest BCUT2D eigenvalue weighted by Gasteiger charge is -2.44. The highest BCUT2D eigenvalue weighted by Gasteiger charge is 2.49. The molecule has 2 fully saturated rings. The quantitative estimate of drug-likeness (QED) is 0.691. The Labute approximate surface area is 141 Å². The molecule has 8 nitrogen and oxygen atoms in total. The Balaban J connectivity index is 1.90. The van der Waals surface area contributed by atoms with E-state index >= 15 is 0 Å². The van der Waals surface area contributed by atoms with E-state index in [9.17, 15) is 18.0 Å². The average molecular weight is 352 g/mol. The van der Waals surface area contributed by atoms with E-state index < -0.39 is 21.9 Å². The maximum Gasteiger partial charge on any atom is 0.319 e. The zero-order chi connectivity index (χ0) is 17.5. The van der Waals surface area contributed by atoms with Gasteiger partial charge < -0.3 is 14.7 Å². The number of carbonyl (C=O) groups is 2. The first kappa shape index (κ1) is 16.7. The molecule has 2 aliphatic rings. The Hall–Kier alpha value is -2.16. The van der Waals surface area contributed by atoms with Gasteiger partial charge in [-0.25, -0.2) is 13.2 Å². The topological polar surface area (TPSA) is 90.9 Å². The lowest BCUT2D eigenvalue weighted by molar-refractivity contribution is 0.0393. The Morgan fingerprint density at radius 1 is 1.17 bits per heavy atom. The van der Waals surface area contributed by atoms with Crippen LogP contribution in [-0.4, -0.2) is 90.8 Å². The van der Waals surface area contributed by atoms with Crippen molar-refractivity contribution in [2.45, 2.75) is 12.1 Å².